The first-order valence-corrected chi connectivity index (χ1v) is 7.61. The van der Waals surface area contributed by atoms with Crippen LogP contribution in [0, 0.1) is 12.7 Å². The van der Waals surface area contributed by atoms with Crippen molar-refractivity contribution in [2.75, 3.05) is 4.72 Å². The summed E-state index contributed by atoms with van der Waals surface area (Å²) in [6.45, 7) is -1.42. The molecule has 0 aliphatic carbocycles. The number of rotatable bonds is 5. The van der Waals surface area contributed by atoms with Crippen molar-refractivity contribution in [3.8, 4) is 5.75 Å². The first-order valence-electron chi connectivity index (χ1n) is 6.12. The molecule has 0 amide bonds. The van der Waals surface area contributed by atoms with Crippen molar-refractivity contribution >= 4 is 15.7 Å². The largest absolute Gasteiger partial charge is 0.432 e. The molecule has 2 aromatic carbocycles. The number of halogens is 3. The van der Waals surface area contributed by atoms with Gasteiger partial charge in [0.05, 0.1) is 10.6 Å². The lowest BCUT2D eigenvalue weighted by Gasteiger charge is -2.12. The zero-order chi connectivity index (χ0) is 16.3. The van der Waals surface area contributed by atoms with E-state index in [0.717, 1.165) is 17.7 Å². The van der Waals surface area contributed by atoms with E-state index in [-0.39, 0.29) is 4.90 Å². The summed E-state index contributed by atoms with van der Waals surface area (Å²) in [5.41, 5.74) is 0.385. The number of nitrogens with one attached hydrogen (secondary N) is 1. The average Bonchev–Trinajstić information content (AvgIpc) is 2.43. The van der Waals surface area contributed by atoms with Gasteiger partial charge in [0.15, 0.2) is 11.6 Å². The molecule has 4 nitrogen and oxygen atoms in total. The molecule has 22 heavy (non-hydrogen) atoms. The van der Waals surface area contributed by atoms with Crippen LogP contribution < -0.4 is 9.46 Å². The zero-order valence-corrected chi connectivity index (χ0v) is 12.2. The van der Waals surface area contributed by atoms with Crippen molar-refractivity contribution in [2.24, 2.45) is 0 Å². The van der Waals surface area contributed by atoms with Crippen LogP contribution in [0.25, 0.3) is 0 Å². The van der Waals surface area contributed by atoms with Gasteiger partial charge in [-0.3, -0.25) is 4.72 Å². The second-order valence-corrected chi connectivity index (χ2v) is 6.10. The van der Waals surface area contributed by atoms with Crippen LogP contribution in [0.3, 0.4) is 0 Å². The first kappa shape index (κ1) is 16.2. The van der Waals surface area contributed by atoms with Gasteiger partial charge >= 0.3 is 6.61 Å². The predicted octanol–water partition coefficient (Wildman–Crippen LogP) is 3.54. The summed E-state index contributed by atoms with van der Waals surface area (Å²) < 4.78 is 68.5. The highest BCUT2D eigenvalue weighted by Gasteiger charge is 2.19. The number of hydrogen-bond acceptors (Lipinski definition) is 3. The molecule has 0 aromatic heterocycles. The standard InChI is InChI=1S/C14H12F3NO3S/c1-9-5-7-10(8-6-9)22(19,20)18-11-3-2-4-12(13(11)15)21-14(16)17/h2-8,14,18H,1H3. The molecule has 0 saturated heterocycles. The van der Waals surface area contributed by atoms with E-state index in [2.05, 4.69) is 4.74 Å². The lowest BCUT2D eigenvalue weighted by atomic mass is 10.2. The number of anilines is 1. The molecule has 0 fully saturated rings. The third kappa shape index (κ3) is 3.70. The van der Waals surface area contributed by atoms with Crippen molar-refractivity contribution in [1.82, 2.24) is 0 Å². The quantitative estimate of drug-likeness (QED) is 0.912. The van der Waals surface area contributed by atoms with Crippen molar-refractivity contribution in [3.63, 3.8) is 0 Å². The number of aryl methyl sites for hydroxylation is 1. The molecular weight excluding hydrogens is 319 g/mol. The van der Waals surface area contributed by atoms with Crippen LogP contribution in [-0.2, 0) is 10.0 Å². The van der Waals surface area contributed by atoms with Crippen molar-refractivity contribution in [1.29, 1.82) is 0 Å². The molecule has 118 valence electrons. The fourth-order valence-corrected chi connectivity index (χ4v) is 2.76. The summed E-state index contributed by atoms with van der Waals surface area (Å²) in [5, 5.41) is 0. The molecule has 0 saturated carbocycles. The van der Waals surface area contributed by atoms with E-state index < -0.39 is 33.9 Å². The molecule has 0 aliphatic heterocycles. The van der Waals surface area contributed by atoms with E-state index in [1.807, 2.05) is 4.72 Å². The zero-order valence-electron chi connectivity index (χ0n) is 11.4. The van der Waals surface area contributed by atoms with Gasteiger partial charge in [-0.2, -0.15) is 8.78 Å². The maximum atomic E-state index is 14.0. The minimum Gasteiger partial charge on any atom is -0.432 e. The second-order valence-electron chi connectivity index (χ2n) is 4.41. The van der Waals surface area contributed by atoms with Crippen molar-refractivity contribution in [3.05, 3.63) is 53.8 Å². The SMILES string of the molecule is Cc1ccc(S(=O)(=O)Nc2cccc(OC(F)F)c2F)cc1. The van der Waals surface area contributed by atoms with E-state index in [4.69, 9.17) is 0 Å². The highest BCUT2D eigenvalue weighted by atomic mass is 32.2. The van der Waals surface area contributed by atoms with Gasteiger partial charge in [-0.15, -0.1) is 0 Å². The molecule has 8 heteroatoms. The van der Waals surface area contributed by atoms with Crippen LogP contribution in [0.1, 0.15) is 5.56 Å². The third-order valence-corrected chi connectivity index (χ3v) is 4.14. The minimum atomic E-state index is -4.03. The van der Waals surface area contributed by atoms with Crippen LogP contribution in [0.5, 0.6) is 5.75 Å². The Morgan fingerprint density at radius 2 is 1.73 bits per heavy atom. The van der Waals surface area contributed by atoms with Gasteiger partial charge in [-0.25, -0.2) is 12.8 Å². The molecule has 0 heterocycles. The first-order chi connectivity index (χ1) is 10.3. The normalized spacial score (nSPS) is 11.5. The molecule has 0 bridgehead atoms. The summed E-state index contributed by atoms with van der Waals surface area (Å²) in [4.78, 5) is -0.0716. The summed E-state index contributed by atoms with van der Waals surface area (Å²) in [7, 11) is -4.03. The van der Waals surface area contributed by atoms with Crippen LogP contribution in [0.15, 0.2) is 47.4 Å². The lowest BCUT2D eigenvalue weighted by Crippen LogP contribution is -2.14. The number of ether oxygens (including phenoxy) is 1. The maximum Gasteiger partial charge on any atom is 0.387 e. The predicted molar refractivity (Wildman–Crippen MR) is 75.0 cm³/mol. The Morgan fingerprint density at radius 1 is 1.09 bits per heavy atom. The van der Waals surface area contributed by atoms with E-state index in [1.165, 1.54) is 18.2 Å². The van der Waals surface area contributed by atoms with Gasteiger partial charge in [-0.1, -0.05) is 23.8 Å². The second kappa shape index (κ2) is 6.27. The molecule has 0 radical (unpaired) electrons. The number of hydrogen-bond donors (Lipinski definition) is 1. The van der Waals surface area contributed by atoms with Crippen LogP contribution in [0.2, 0.25) is 0 Å². The van der Waals surface area contributed by atoms with Gasteiger partial charge in [0.25, 0.3) is 10.0 Å². The van der Waals surface area contributed by atoms with Crippen LogP contribution in [0.4, 0.5) is 18.9 Å². The Kier molecular flexibility index (Phi) is 4.60. The van der Waals surface area contributed by atoms with Gasteiger partial charge in [0.2, 0.25) is 0 Å². The molecule has 1 N–H and O–H groups in total. The Balaban J connectivity index is 2.32. The molecular formula is C14H12F3NO3S. The number of benzene rings is 2. The summed E-state index contributed by atoms with van der Waals surface area (Å²) in [6, 6.07) is 9.17. The molecule has 2 aromatic rings. The summed E-state index contributed by atoms with van der Waals surface area (Å²) in [5.74, 6) is -1.95. The van der Waals surface area contributed by atoms with Gasteiger partial charge in [-0.05, 0) is 31.2 Å². The maximum absolute atomic E-state index is 14.0. The van der Waals surface area contributed by atoms with E-state index in [9.17, 15) is 21.6 Å². The monoisotopic (exact) mass is 331 g/mol. The summed E-state index contributed by atoms with van der Waals surface area (Å²) in [6.07, 6.45) is 0. The van der Waals surface area contributed by atoms with Crippen LogP contribution >= 0.6 is 0 Å². The average molecular weight is 331 g/mol. The molecule has 0 atom stereocenters. The Labute approximate surface area is 125 Å². The third-order valence-electron chi connectivity index (χ3n) is 2.75. The fraction of sp³-hybridized carbons (Fsp3) is 0.143. The Bertz CT molecular complexity index is 761. The van der Waals surface area contributed by atoms with Gasteiger partial charge in [0.1, 0.15) is 0 Å². The van der Waals surface area contributed by atoms with Gasteiger partial charge in [0, 0.05) is 0 Å². The highest BCUT2D eigenvalue weighted by molar-refractivity contribution is 7.92. The number of sulfonamides is 1. The molecule has 0 unspecified atom stereocenters. The van der Waals surface area contributed by atoms with Crippen molar-refractivity contribution < 1.29 is 26.3 Å². The summed E-state index contributed by atoms with van der Waals surface area (Å²) >= 11 is 0. The topological polar surface area (TPSA) is 55.4 Å². The smallest absolute Gasteiger partial charge is 0.387 e. The van der Waals surface area contributed by atoms with Crippen LogP contribution in [-0.4, -0.2) is 15.0 Å². The number of alkyl halides is 2. The Hall–Kier alpha value is -2.22. The minimum absolute atomic E-state index is 0.0716. The molecule has 2 rings (SSSR count). The van der Waals surface area contributed by atoms with E-state index in [0.29, 0.717) is 0 Å². The van der Waals surface area contributed by atoms with Gasteiger partial charge < -0.3 is 4.74 Å². The fourth-order valence-electron chi connectivity index (χ4n) is 1.70. The molecule has 0 aliphatic rings. The Morgan fingerprint density at radius 3 is 2.32 bits per heavy atom. The van der Waals surface area contributed by atoms with E-state index >= 15 is 0 Å². The van der Waals surface area contributed by atoms with E-state index in [1.54, 1.807) is 19.1 Å². The lowest BCUT2D eigenvalue weighted by molar-refractivity contribution is -0.0520. The van der Waals surface area contributed by atoms with Crippen molar-refractivity contribution in [2.45, 2.75) is 18.4 Å². The highest BCUT2D eigenvalue weighted by Crippen LogP contribution is 2.27. The molecule has 0 spiro atoms.